The summed E-state index contributed by atoms with van der Waals surface area (Å²) in [5, 5.41) is 7.73. The first-order valence-corrected chi connectivity index (χ1v) is 9.27. The number of nitrogens with zero attached hydrogens (tertiary/aromatic N) is 2. The topological polar surface area (TPSA) is 81.2 Å². The van der Waals surface area contributed by atoms with Crippen molar-refractivity contribution >= 4 is 17.2 Å². The number of rotatable bonds is 5. The van der Waals surface area contributed by atoms with Crippen LogP contribution in [0.2, 0.25) is 0 Å². The molecule has 6 nitrogen and oxygen atoms in total. The molecule has 0 saturated heterocycles. The Hall–Kier alpha value is -3.19. The summed E-state index contributed by atoms with van der Waals surface area (Å²) >= 11 is 1.58. The summed E-state index contributed by atoms with van der Waals surface area (Å²) in [5.41, 5.74) is 2.18. The number of aryl methyl sites for hydroxylation is 1. The second-order valence-electron chi connectivity index (χ2n) is 6.08. The van der Waals surface area contributed by atoms with Crippen LogP contribution in [0.5, 0.6) is 0 Å². The van der Waals surface area contributed by atoms with E-state index < -0.39 is 0 Å². The first kappa shape index (κ1) is 17.2. The third kappa shape index (κ3) is 3.54. The Bertz CT molecular complexity index is 1050. The molecule has 0 radical (unpaired) electrons. The SMILES string of the molecule is Cc1nc(-c2ccccc2)sc1C(C)NC(=O)c1cc(-c2ccco2)on1. The van der Waals surface area contributed by atoms with E-state index >= 15 is 0 Å². The van der Waals surface area contributed by atoms with Crippen LogP contribution in [0.15, 0.2) is 63.7 Å². The summed E-state index contributed by atoms with van der Waals surface area (Å²) in [4.78, 5) is 18.2. The third-order valence-electron chi connectivity index (χ3n) is 4.10. The molecule has 1 amide bonds. The summed E-state index contributed by atoms with van der Waals surface area (Å²) in [7, 11) is 0. The highest BCUT2D eigenvalue weighted by atomic mass is 32.1. The van der Waals surface area contributed by atoms with E-state index in [2.05, 4.69) is 15.5 Å². The Balaban J connectivity index is 1.50. The van der Waals surface area contributed by atoms with Crippen LogP contribution in [-0.2, 0) is 0 Å². The summed E-state index contributed by atoms with van der Waals surface area (Å²) in [6, 6.07) is 14.9. The van der Waals surface area contributed by atoms with Crippen LogP contribution in [-0.4, -0.2) is 16.0 Å². The molecule has 1 N–H and O–H groups in total. The first-order valence-electron chi connectivity index (χ1n) is 8.46. The van der Waals surface area contributed by atoms with Gasteiger partial charge in [-0.15, -0.1) is 11.3 Å². The Labute approximate surface area is 159 Å². The summed E-state index contributed by atoms with van der Waals surface area (Å²) in [6.07, 6.45) is 1.54. The predicted molar refractivity (Wildman–Crippen MR) is 102 cm³/mol. The van der Waals surface area contributed by atoms with Gasteiger partial charge in [0.2, 0.25) is 5.76 Å². The van der Waals surface area contributed by atoms with Gasteiger partial charge in [0.05, 0.1) is 22.9 Å². The molecule has 0 aliphatic rings. The maximum Gasteiger partial charge on any atom is 0.273 e. The fourth-order valence-corrected chi connectivity index (χ4v) is 3.84. The standard InChI is InChI=1S/C20H17N3O3S/c1-12(18-13(2)22-20(27-18)14-7-4-3-5-8-14)21-19(24)15-11-17(26-23-15)16-9-6-10-25-16/h3-12H,1-2H3,(H,21,24). The van der Waals surface area contributed by atoms with Crippen LogP contribution in [0, 0.1) is 6.92 Å². The van der Waals surface area contributed by atoms with Crippen LogP contribution in [0.4, 0.5) is 0 Å². The summed E-state index contributed by atoms with van der Waals surface area (Å²) in [5.74, 6) is 0.636. The van der Waals surface area contributed by atoms with Gasteiger partial charge in [-0.05, 0) is 26.0 Å². The number of hydrogen-bond acceptors (Lipinski definition) is 6. The van der Waals surface area contributed by atoms with Gasteiger partial charge < -0.3 is 14.3 Å². The number of carbonyl (C=O) groups excluding carboxylic acids is 1. The molecule has 4 rings (SSSR count). The van der Waals surface area contributed by atoms with E-state index in [1.54, 1.807) is 29.5 Å². The van der Waals surface area contributed by atoms with E-state index in [9.17, 15) is 4.79 Å². The zero-order valence-corrected chi connectivity index (χ0v) is 15.6. The van der Waals surface area contributed by atoms with E-state index in [0.717, 1.165) is 21.1 Å². The number of amides is 1. The van der Waals surface area contributed by atoms with Crippen molar-refractivity contribution in [2.24, 2.45) is 0 Å². The van der Waals surface area contributed by atoms with Gasteiger partial charge in [-0.2, -0.15) is 0 Å². The lowest BCUT2D eigenvalue weighted by atomic mass is 10.2. The van der Waals surface area contributed by atoms with Crippen molar-refractivity contribution < 1.29 is 13.7 Å². The highest BCUT2D eigenvalue weighted by Crippen LogP contribution is 2.31. The molecule has 0 spiro atoms. The molecular formula is C20H17N3O3S. The predicted octanol–water partition coefficient (Wildman–Crippen LogP) is 4.86. The van der Waals surface area contributed by atoms with Gasteiger partial charge in [-0.25, -0.2) is 4.98 Å². The molecule has 3 heterocycles. The van der Waals surface area contributed by atoms with Crippen molar-refractivity contribution in [1.29, 1.82) is 0 Å². The van der Waals surface area contributed by atoms with Crippen molar-refractivity contribution in [1.82, 2.24) is 15.5 Å². The smallest absolute Gasteiger partial charge is 0.273 e. The van der Waals surface area contributed by atoms with E-state index in [1.165, 1.54) is 6.26 Å². The maximum absolute atomic E-state index is 12.5. The number of hydrogen-bond donors (Lipinski definition) is 1. The highest BCUT2D eigenvalue weighted by Gasteiger charge is 2.20. The molecule has 1 atom stereocenters. The molecule has 4 aromatic rings. The highest BCUT2D eigenvalue weighted by molar-refractivity contribution is 7.15. The van der Waals surface area contributed by atoms with Crippen molar-refractivity contribution in [2.75, 3.05) is 0 Å². The molecule has 136 valence electrons. The van der Waals surface area contributed by atoms with Crippen LogP contribution >= 0.6 is 11.3 Å². The Morgan fingerprint density at radius 2 is 1.96 bits per heavy atom. The fourth-order valence-electron chi connectivity index (χ4n) is 2.77. The Kier molecular flexibility index (Phi) is 4.60. The number of aromatic nitrogens is 2. The Morgan fingerprint density at radius 3 is 2.70 bits per heavy atom. The van der Waals surface area contributed by atoms with Crippen LogP contribution < -0.4 is 5.32 Å². The molecule has 1 unspecified atom stereocenters. The molecule has 0 fully saturated rings. The van der Waals surface area contributed by atoms with E-state index in [1.807, 2.05) is 44.2 Å². The molecule has 0 saturated carbocycles. The van der Waals surface area contributed by atoms with E-state index in [4.69, 9.17) is 8.94 Å². The maximum atomic E-state index is 12.5. The molecule has 0 bridgehead atoms. The zero-order chi connectivity index (χ0) is 18.8. The van der Waals surface area contributed by atoms with Gasteiger partial charge in [-0.3, -0.25) is 4.79 Å². The van der Waals surface area contributed by atoms with Gasteiger partial charge in [0.15, 0.2) is 11.5 Å². The van der Waals surface area contributed by atoms with Crippen LogP contribution in [0.25, 0.3) is 22.1 Å². The molecular weight excluding hydrogens is 362 g/mol. The van der Waals surface area contributed by atoms with Crippen molar-refractivity contribution in [2.45, 2.75) is 19.9 Å². The van der Waals surface area contributed by atoms with Gasteiger partial charge >= 0.3 is 0 Å². The lowest BCUT2D eigenvalue weighted by molar-refractivity contribution is 0.0931. The van der Waals surface area contributed by atoms with E-state index in [-0.39, 0.29) is 17.6 Å². The average molecular weight is 379 g/mol. The monoisotopic (exact) mass is 379 g/mol. The van der Waals surface area contributed by atoms with Gasteiger partial charge in [0.1, 0.15) is 5.01 Å². The normalized spacial score (nSPS) is 12.1. The van der Waals surface area contributed by atoms with Gasteiger partial charge in [-0.1, -0.05) is 35.5 Å². The second kappa shape index (κ2) is 7.20. The number of benzene rings is 1. The number of carbonyl (C=O) groups is 1. The summed E-state index contributed by atoms with van der Waals surface area (Å²) < 4.78 is 10.4. The zero-order valence-electron chi connectivity index (χ0n) is 14.8. The van der Waals surface area contributed by atoms with Crippen molar-refractivity contribution in [3.05, 3.63) is 71.1 Å². The first-order chi connectivity index (χ1) is 13.1. The third-order valence-corrected chi connectivity index (χ3v) is 5.49. The van der Waals surface area contributed by atoms with Crippen molar-refractivity contribution in [3.8, 4) is 22.1 Å². The lowest BCUT2D eigenvalue weighted by Gasteiger charge is -2.11. The number of furan rings is 1. The minimum absolute atomic E-state index is 0.198. The minimum Gasteiger partial charge on any atom is -0.461 e. The number of thiazole rings is 1. The average Bonchev–Trinajstić information content (AvgIpc) is 3.42. The van der Waals surface area contributed by atoms with Crippen LogP contribution in [0.3, 0.4) is 0 Å². The largest absolute Gasteiger partial charge is 0.461 e. The second-order valence-corrected chi connectivity index (χ2v) is 7.11. The fraction of sp³-hybridized carbons (Fsp3) is 0.150. The minimum atomic E-state index is -0.307. The molecule has 27 heavy (non-hydrogen) atoms. The van der Waals surface area contributed by atoms with Gasteiger partial charge in [0, 0.05) is 11.6 Å². The molecule has 7 heteroatoms. The molecule has 0 aliphatic carbocycles. The van der Waals surface area contributed by atoms with Gasteiger partial charge in [0.25, 0.3) is 5.91 Å². The quantitative estimate of drug-likeness (QED) is 0.536. The number of nitrogens with one attached hydrogen (secondary N) is 1. The molecule has 3 aromatic heterocycles. The Morgan fingerprint density at radius 1 is 1.15 bits per heavy atom. The van der Waals surface area contributed by atoms with Crippen molar-refractivity contribution in [3.63, 3.8) is 0 Å². The van der Waals surface area contributed by atoms with Crippen LogP contribution in [0.1, 0.15) is 34.0 Å². The lowest BCUT2D eigenvalue weighted by Crippen LogP contribution is -2.26. The summed E-state index contributed by atoms with van der Waals surface area (Å²) in [6.45, 7) is 3.88. The molecule has 0 aliphatic heterocycles. The molecule has 1 aromatic carbocycles. The van der Waals surface area contributed by atoms with E-state index in [0.29, 0.717) is 11.5 Å².